The third-order valence-electron chi connectivity index (χ3n) is 3.71. The van der Waals surface area contributed by atoms with Gasteiger partial charge in [-0.05, 0) is 25.5 Å². The minimum atomic E-state index is -0.478. The molecule has 2 aromatic heterocycles. The van der Waals surface area contributed by atoms with Gasteiger partial charge in [-0.25, -0.2) is 0 Å². The fourth-order valence-electron chi connectivity index (χ4n) is 2.49. The molecule has 0 fully saturated rings. The molecular formula is C16H15BN2O4. The van der Waals surface area contributed by atoms with E-state index < -0.39 is 5.56 Å². The maximum absolute atomic E-state index is 12.3. The van der Waals surface area contributed by atoms with Crippen LogP contribution in [0.15, 0.2) is 33.5 Å². The van der Waals surface area contributed by atoms with Gasteiger partial charge in [-0.2, -0.15) is 4.98 Å². The van der Waals surface area contributed by atoms with Gasteiger partial charge in [-0.3, -0.25) is 4.79 Å². The summed E-state index contributed by atoms with van der Waals surface area (Å²) in [4.78, 5) is 16.5. The number of pyridine rings is 1. The molecule has 2 radical (unpaired) electrons. The van der Waals surface area contributed by atoms with Gasteiger partial charge in [0.25, 0.3) is 5.56 Å². The van der Waals surface area contributed by atoms with E-state index >= 15 is 0 Å². The quantitative estimate of drug-likeness (QED) is 0.693. The zero-order chi connectivity index (χ0) is 16.6. The second-order valence-electron chi connectivity index (χ2n) is 5.00. The standard InChI is InChI=1S/C16H15BN2O4/c1-4-10-9(2)19(17)15(20)14(21-3)13(10)23-16-18-11-7-5-6-8-12(11)22-16/h5-8H,4H2,1-3H3. The molecular weight excluding hydrogens is 295 g/mol. The largest absolute Gasteiger partial charge is 0.489 e. The predicted molar refractivity (Wildman–Crippen MR) is 86.6 cm³/mol. The number of oxazole rings is 1. The van der Waals surface area contributed by atoms with E-state index in [0.717, 1.165) is 10.0 Å². The summed E-state index contributed by atoms with van der Waals surface area (Å²) in [5, 5.41) is 0. The van der Waals surface area contributed by atoms with Crippen molar-refractivity contribution >= 4 is 19.1 Å². The molecule has 0 aliphatic carbocycles. The Kier molecular flexibility index (Phi) is 3.86. The first-order valence-corrected chi connectivity index (χ1v) is 7.17. The van der Waals surface area contributed by atoms with Crippen LogP contribution in [0.2, 0.25) is 0 Å². The van der Waals surface area contributed by atoms with Crippen LogP contribution in [0.1, 0.15) is 18.2 Å². The van der Waals surface area contributed by atoms with Gasteiger partial charge in [0.1, 0.15) is 5.52 Å². The molecule has 116 valence electrons. The molecule has 0 bridgehead atoms. The molecule has 0 saturated heterocycles. The molecule has 23 heavy (non-hydrogen) atoms. The average Bonchev–Trinajstić information content (AvgIpc) is 2.96. The maximum atomic E-state index is 12.3. The van der Waals surface area contributed by atoms with Crippen molar-refractivity contribution in [3.63, 3.8) is 0 Å². The first kappa shape index (κ1) is 15.2. The fourth-order valence-corrected chi connectivity index (χ4v) is 2.49. The number of benzene rings is 1. The summed E-state index contributed by atoms with van der Waals surface area (Å²) in [5.74, 6) is 0.308. The zero-order valence-corrected chi connectivity index (χ0v) is 13.1. The summed E-state index contributed by atoms with van der Waals surface area (Å²) in [6.07, 6.45) is 0.655. The second kappa shape index (κ2) is 5.83. The lowest BCUT2D eigenvalue weighted by molar-refractivity contribution is 0.313. The number of rotatable bonds is 4. The fraction of sp³-hybridized carbons (Fsp3) is 0.250. The molecule has 7 heteroatoms. The molecule has 0 saturated carbocycles. The van der Waals surface area contributed by atoms with E-state index in [1.165, 1.54) is 7.11 Å². The van der Waals surface area contributed by atoms with Crippen LogP contribution in [0.5, 0.6) is 17.6 Å². The molecule has 6 nitrogen and oxygen atoms in total. The molecule has 0 amide bonds. The Bertz CT molecular complexity index is 897. The number of hydrogen-bond donors (Lipinski definition) is 0. The third-order valence-corrected chi connectivity index (χ3v) is 3.71. The highest BCUT2D eigenvalue weighted by atomic mass is 16.6. The molecule has 0 spiro atoms. The Morgan fingerprint density at radius 2 is 2.04 bits per heavy atom. The Balaban J connectivity index is 2.16. The van der Waals surface area contributed by atoms with E-state index in [0.29, 0.717) is 23.2 Å². The van der Waals surface area contributed by atoms with Crippen LogP contribution in [0.3, 0.4) is 0 Å². The topological polar surface area (TPSA) is 66.5 Å². The lowest BCUT2D eigenvalue weighted by Crippen LogP contribution is -2.24. The van der Waals surface area contributed by atoms with E-state index in [4.69, 9.17) is 21.9 Å². The molecule has 0 unspecified atom stereocenters. The van der Waals surface area contributed by atoms with E-state index in [1.54, 1.807) is 13.0 Å². The van der Waals surface area contributed by atoms with Crippen molar-refractivity contribution in [2.45, 2.75) is 20.3 Å². The zero-order valence-electron chi connectivity index (χ0n) is 13.1. The van der Waals surface area contributed by atoms with Gasteiger partial charge in [0.05, 0.1) is 7.11 Å². The minimum Gasteiger partial charge on any atom is -0.489 e. The number of methoxy groups -OCH3 is 1. The predicted octanol–water partition coefficient (Wildman–Crippen LogP) is 2.59. The van der Waals surface area contributed by atoms with Crippen molar-refractivity contribution in [3.8, 4) is 17.6 Å². The summed E-state index contributed by atoms with van der Waals surface area (Å²) in [6, 6.07) is 7.30. The second-order valence-corrected chi connectivity index (χ2v) is 5.00. The highest BCUT2D eigenvalue weighted by Gasteiger charge is 2.21. The minimum absolute atomic E-state index is 0.0252. The Morgan fingerprint density at radius 3 is 2.70 bits per heavy atom. The molecule has 0 N–H and O–H groups in total. The monoisotopic (exact) mass is 310 g/mol. The molecule has 0 aliphatic rings. The maximum Gasteiger partial charge on any atom is 0.400 e. The van der Waals surface area contributed by atoms with E-state index in [-0.39, 0.29) is 17.6 Å². The summed E-state index contributed by atoms with van der Waals surface area (Å²) >= 11 is 0. The molecule has 3 rings (SSSR count). The van der Waals surface area contributed by atoms with Gasteiger partial charge >= 0.3 is 6.08 Å². The number of fused-ring (bicyclic) bond motifs is 1. The highest BCUT2D eigenvalue weighted by molar-refractivity contribution is 6.07. The number of aromatic nitrogens is 2. The van der Waals surface area contributed by atoms with E-state index in [2.05, 4.69) is 4.98 Å². The average molecular weight is 310 g/mol. The Labute approximate surface area is 134 Å². The van der Waals surface area contributed by atoms with E-state index in [9.17, 15) is 4.79 Å². The number of nitrogens with zero attached hydrogens (tertiary/aromatic N) is 2. The van der Waals surface area contributed by atoms with Gasteiger partial charge < -0.3 is 18.4 Å². The molecule has 1 aromatic carbocycles. The van der Waals surface area contributed by atoms with Crippen molar-refractivity contribution in [2.75, 3.05) is 7.11 Å². The Hall–Kier alpha value is -2.70. The van der Waals surface area contributed by atoms with Crippen LogP contribution in [0.4, 0.5) is 0 Å². The van der Waals surface area contributed by atoms with E-state index in [1.807, 2.05) is 25.1 Å². The van der Waals surface area contributed by atoms with Gasteiger partial charge in [-0.1, -0.05) is 19.1 Å². The summed E-state index contributed by atoms with van der Waals surface area (Å²) in [5.41, 5.74) is 2.15. The van der Waals surface area contributed by atoms with Crippen molar-refractivity contribution < 1.29 is 13.9 Å². The van der Waals surface area contributed by atoms with Gasteiger partial charge in [-0.15, -0.1) is 0 Å². The first-order chi connectivity index (χ1) is 11.1. The normalized spacial score (nSPS) is 10.9. The van der Waals surface area contributed by atoms with Crippen LogP contribution < -0.4 is 15.0 Å². The van der Waals surface area contributed by atoms with Crippen molar-refractivity contribution in [1.29, 1.82) is 0 Å². The van der Waals surface area contributed by atoms with Crippen molar-refractivity contribution in [3.05, 3.63) is 45.9 Å². The van der Waals surface area contributed by atoms with Crippen LogP contribution in [0.25, 0.3) is 11.1 Å². The highest BCUT2D eigenvalue weighted by Crippen LogP contribution is 2.35. The van der Waals surface area contributed by atoms with Crippen LogP contribution >= 0.6 is 0 Å². The number of ether oxygens (including phenoxy) is 2. The lowest BCUT2D eigenvalue weighted by atomic mass is 10.1. The Morgan fingerprint density at radius 1 is 1.30 bits per heavy atom. The van der Waals surface area contributed by atoms with Gasteiger partial charge in [0.2, 0.25) is 13.7 Å². The molecule has 2 heterocycles. The van der Waals surface area contributed by atoms with Crippen LogP contribution in [-0.2, 0) is 6.42 Å². The summed E-state index contributed by atoms with van der Waals surface area (Å²) in [6.45, 7) is 3.68. The summed E-state index contributed by atoms with van der Waals surface area (Å²) < 4.78 is 17.5. The van der Waals surface area contributed by atoms with Crippen molar-refractivity contribution in [1.82, 2.24) is 9.46 Å². The smallest absolute Gasteiger partial charge is 0.400 e. The van der Waals surface area contributed by atoms with Crippen molar-refractivity contribution in [2.24, 2.45) is 0 Å². The lowest BCUT2D eigenvalue weighted by Gasteiger charge is -2.17. The van der Waals surface area contributed by atoms with Gasteiger partial charge in [0.15, 0.2) is 11.3 Å². The molecule has 3 aromatic rings. The molecule has 0 aliphatic heterocycles. The number of hydrogen-bond acceptors (Lipinski definition) is 5. The SMILES string of the molecule is [B]n1c(C)c(CC)c(Oc2nc3ccccc3o2)c(OC)c1=O. The van der Waals surface area contributed by atoms with Crippen LogP contribution in [0, 0.1) is 6.92 Å². The third kappa shape index (κ3) is 2.48. The summed E-state index contributed by atoms with van der Waals surface area (Å²) in [7, 11) is 7.18. The first-order valence-electron chi connectivity index (χ1n) is 7.17. The number of para-hydroxylation sites is 2. The van der Waals surface area contributed by atoms with Gasteiger partial charge in [0, 0.05) is 11.3 Å². The molecule has 0 atom stereocenters. The van der Waals surface area contributed by atoms with Crippen LogP contribution in [-0.4, -0.2) is 24.6 Å².